The van der Waals surface area contributed by atoms with Crippen LogP contribution >= 0.6 is 0 Å². The number of hydrogen-bond donors (Lipinski definition) is 0. The van der Waals surface area contributed by atoms with Crippen LogP contribution in [0.3, 0.4) is 0 Å². The smallest absolute Gasteiger partial charge is 0.347 e. The van der Waals surface area contributed by atoms with Gasteiger partial charge in [-0.15, -0.1) is 0 Å². The Morgan fingerprint density at radius 3 is 1.28 bits per heavy atom. The third kappa shape index (κ3) is 11.7. The average Bonchev–Trinajstić information content (AvgIpc) is 3.38. The Labute approximate surface area is 390 Å². The molecule has 7 aromatic carbocycles. The van der Waals surface area contributed by atoms with Gasteiger partial charge in [-0.1, -0.05) is 42.2 Å². The largest absolute Gasteiger partial charge is 0.496 e. The maximum absolute atomic E-state index is 13.2. The Hall–Kier alpha value is -9.35. The van der Waals surface area contributed by atoms with E-state index < -0.39 is 23.9 Å². The van der Waals surface area contributed by atoms with E-state index in [1.54, 1.807) is 54.6 Å². The highest BCUT2D eigenvalue weighted by molar-refractivity contribution is 6.00. The van der Waals surface area contributed by atoms with Crippen molar-refractivity contribution in [2.24, 2.45) is 0 Å². The molecule has 68 heavy (non-hydrogen) atoms. The average molecular weight is 913 g/mol. The van der Waals surface area contributed by atoms with E-state index in [9.17, 15) is 24.0 Å². The molecule has 14 heteroatoms. The van der Waals surface area contributed by atoms with Crippen LogP contribution in [-0.4, -0.2) is 58.6 Å². The van der Waals surface area contributed by atoms with E-state index in [1.807, 2.05) is 30.3 Å². The summed E-state index contributed by atoms with van der Waals surface area (Å²) < 4.78 is 49.3. The summed E-state index contributed by atoms with van der Waals surface area (Å²) in [5, 5.41) is 0. The van der Waals surface area contributed by atoms with Gasteiger partial charge in [-0.2, -0.15) is 0 Å². The van der Waals surface area contributed by atoms with E-state index in [-0.39, 0.29) is 74.7 Å². The fourth-order valence-electron chi connectivity index (χ4n) is 6.38. The first kappa shape index (κ1) is 46.6. The van der Waals surface area contributed by atoms with E-state index in [4.69, 9.17) is 42.6 Å². The van der Waals surface area contributed by atoms with Crippen LogP contribution in [0.15, 0.2) is 152 Å². The van der Waals surface area contributed by atoms with Crippen molar-refractivity contribution in [1.29, 1.82) is 0 Å². The van der Waals surface area contributed by atoms with Crippen LogP contribution in [0.1, 0.15) is 68.5 Å². The molecule has 0 bridgehead atoms. The van der Waals surface area contributed by atoms with Gasteiger partial charge in [0.1, 0.15) is 40.9 Å². The van der Waals surface area contributed by atoms with Crippen LogP contribution < -0.4 is 42.6 Å². The standard InChI is InChI=1S/C54H40O14/c1-60-46-31-50(64-33-36-8-6-5-7-9-36)49(63-4)30-45(46)54(59)68-43-26-18-38(19-27-43)52(57)66-41-22-14-35(15-23-41)11-10-34-12-20-40(21-13-34)65-51(56)37-16-24-42(25-17-37)67-53(58)44-29-48(62-3)47(61-2)28-39(44)32-55/h5-9,12-32H,33H2,1-4H3. The third-order valence-electron chi connectivity index (χ3n) is 9.93. The zero-order valence-electron chi connectivity index (χ0n) is 36.9. The SMILES string of the molecule is COc1cc(C=O)c(C(=O)Oc2ccc(C(=O)Oc3ccc(C#Cc4ccc(OC(=O)c5ccc(OC(=O)c6cc(OC)c(OCc7ccccc7)cc6OC)cc5)cc4)cc3)cc2)cc1OC. The lowest BCUT2D eigenvalue weighted by molar-refractivity contribution is 0.0718. The molecule has 7 aromatic rings. The monoisotopic (exact) mass is 912 g/mol. The Kier molecular flexibility index (Phi) is 15.1. The van der Waals surface area contributed by atoms with Crippen LogP contribution in [0, 0.1) is 11.8 Å². The van der Waals surface area contributed by atoms with Crippen LogP contribution in [-0.2, 0) is 6.61 Å². The van der Waals surface area contributed by atoms with E-state index in [0.29, 0.717) is 28.9 Å². The molecule has 0 atom stereocenters. The molecule has 0 unspecified atom stereocenters. The molecule has 340 valence electrons. The van der Waals surface area contributed by atoms with Crippen LogP contribution in [0.5, 0.6) is 51.7 Å². The lowest BCUT2D eigenvalue weighted by atomic mass is 10.1. The van der Waals surface area contributed by atoms with Crippen molar-refractivity contribution in [1.82, 2.24) is 0 Å². The summed E-state index contributed by atoms with van der Waals surface area (Å²) in [6.45, 7) is 0.283. The van der Waals surface area contributed by atoms with Gasteiger partial charge in [0.05, 0.1) is 45.1 Å². The van der Waals surface area contributed by atoms with Gasteiger partial charge in [-0.25, -0.2) is 19.2 Å². The quantitative estimate of drug-likeness (QED) is 0.0389. The zero-order valence-corrected chi connectivity index (χ0v) is 36.9. The number of rotatable bonds is 16. The molecule has 14 nitrogen and oxygen atoms in total. The summed E-state index contributed by atoms with van der Waals surface area (Å²) >= 11 is 0. The Morgan fingerprint density at radius 2 is 0.824 bits per heavy atom. The summed E-state index contributed by atoms with van der Waals surface area (Å²) in [4.78, 5) is 63.5. The van der Waals surface area contributed by atoms with Gasteiger partial charge in [0.2, 0.25) is 0 Å². The predicted molar refractivity (Wildman–Crippen MR) is 247 cm³/mol. The second kappa shape index (κ2) is 22.0. The van der Waals surface area contributed by atoms with E-state index in [1.165, 1.54) is 95.2 Å². The van der Waals surface area contributed by atoms with E-state index in [0.717, 1.165) is 5.56 Å². The molecule has 7 rings (SSSR count). The third-order valence-corrected chi connectivity index (χ3v) is 9.93. The molecule has 0 aliphatic heterocycles. The van der Waals surface area contributed by atoms with Crippen molar-refractivity contribution >= 4 is 30.2 Å². The van der Waals surface area contributed by atoms with Crippen LogP contribution in [0.4, 0.5) is 0 Å². The summed E-state index contributed by atoms with van der Waals surface area (Å²) in [5.74, 6) is 5.65. The highest BCUT2D eigenvalue weighted by Crippen LogP contribution is 2.36. The Balaban J connectivity index is 0.884. The van der Waals surface area contributed by atoms with Gasteiger partial charge in [-0.3, -0.25) is 4.79 Å². The highest BCUT2D eigenvalue weighted by atomic mass is 16.6. The fraction of sp³-hybridized carbons (Fsp3) is 0.0926. The maximum Gasteiger partial charge on any atom is 0.347 e. The molecular formula is C54H40O14. The molecule has 0 aliphatic rings. The number of carbonyl (C=O) groups is 5. The molecule has 0 aromatic heterocycles. The van der Waals surface area contributed by atoms with Crippen LogP contribution in [0.25, 0.3) is 0 Å². The molecule has 0 spiro atoms. The summed E-state index contributed by atoms with van der Waals surface area (Å²) in [6, 6.07) is 40.2. The topological polar surface area (TPSA) is 168 Å². The second-order valence-electron chi connectivity index (χ2n) is 14.3. The number of aldehydes is 1. The van der Waals surface area contributed by atoms with E-state index >= 15 is 0 Å². The number of carbonyl (C=O) groups excluding carboxylic acids is 5. The molecule has 0 amide bonds. The number of hydrogen-bond acceptors (Lipinski definition) is 14. The number of benzene rings is 7. The van der Waals surface area contributed by atoms with Crippen molar-refractivity contribution in [3.05, 3.63) is 196 Å². The molecule has 0 fully saturated rings. The van der Waals surface area contributed by atoms with Crippen molar-refractivity contribution in [2.75, 3.05) is 28.4 Å². The van der Waals surface area contributed by atoms with Crippen LogP contribution in [0.2, 0.25) is 0 Å². The molecule has 0 aliphatic carbocycles. The zero-order chi connectivity index (χ0) is 48.0. The van der Waals surface area contributed by atoms with Crippen molar-refractivity contribution in [3.63, 3.8) is 0 Å². The number of ether oxygens (including phenoxy) is 9. The van der Waals surface area contributed by atoms with Gasteiger partial charge in [-0.05, 0) is 115 Å². The normalized spacial score (nSPS) is 10.3. The van der Waals surface area contributed by atoms with Crippen molar-refractivity contribution in [2.45, 2.75) is 6.61 Å². The van der Waals surface area contributed by atoms with Crippen molar-refractivity contribution in [3.8, 4) is 63.6 Å². The molecular weight excluding hydrogens is 873 g/mol. The summed E-state index contributed by atoms with van der Waals surface area (Å²) in [6.07, 6.45) is 0.509. The Bertz CT molecular complexity index is 3010. The summed E-state index contributed by atoms with van der Waals surface area (Å²) in [7, 11) is 5.70. The summed E-state index contributed by atoms with van der Waals surface area (Å²) in [5.41, 5.74) is 2.82. The lowest BCUT2D eigenvalue weighted by Gasteiger charge is -2.15. The molecule has 0 N–H and O–H groups in total. The molecule has 0 radical (unpaired) electrons. The molecule has 0 saturated carbocycles. The predicted octanol–water partition coefficient (Wildman–Crippen LogP) is 9.39. The number of esters is 4. The number of methoxy groups -OCH3 is 4. The van der Waals surface area contributed by atoms with Gasteiger partial charge in [0.25, 0.3) is 0 Å². The second-order valence-corrected chi connectivity index (χ2v) is 14.3. The fourth-order valence-corrected chi connectivity index (χ4v) is 6.38. The highest BCUT2D eigenvalue weighted by Gasteiger charge is 2.22. The minimum atomic E-state index is -0.803. The first-order valence-corrected chi connectivity index (χ1v) is 20.5. The van der Waals surface area contributed by atoms with E-state index in [2.05, 4.69) is 11.8 Å². The maximum atomic E-state index is 13.2. The first-order valence-electron chi connectivity index (χ1n) is 20.5. The molecule has 0 heterocycles. The van der Waals surface area contributed by atoms with Gasteiger partial charge < -0.3 is 42.6 Å². The minimum Gasteiger partial charge on any atom is -0.496 e. The van der Waals surface area contributed by atoms with Gasteiger partial charge in [0.15, 0.2) is 29.3 Å². The minimum absolute atomic E-state index is 0.0229. The first-order chi connectivity index (χ1) is 33.1. The van der Waals surface area contributed by atoms with Gasteiger partial charge in [0, 0.05) is 28.8 Å². The Morgan fingerprint density at radius 1 is 0.426 bits per heavy atom. The lowest BCUT2D eigenvalue weighted by Crippen LogP contribution is -2.12. The molecule has 0 saturated heterocycles. The van der Waals surface area contributed by atoms with Crippen molar-refractivity contribution < 1.29 is 66.6 Å². The van der Waals surface area contributed by atoms with Gasteiger partial charge >= 0.3 is 23.9 Å².